The molecule has 1 atom stereocenters. The summed E-state index contributed by atoms with van der Waals surface area (Å²) >= 11 is 0. The molecule has 2 fully saturated rings. The average Bonchev–Trinajstić information content (AvgIpc) is 3.30. The molecular formula is C17H24N2O2. The molecular weight excluding hydrogens is 264 g/mol. The van der Waals surface area contributed by atoms with E-state index in [1.54, 1.807) is 12.1 Å². The fourth-order valence-electron chi connectivity index (χ4n) is 3.12. The van der Waals surface area contributed by atoms with Gasteiger partial charge in [-0.3, -0.25) is 4.79 Å². The molecule has 2 aliphatic rings. The molecule has 1 saturated carbocycles. The molecule has 1 saturated heterocycles. The number of aromatic hydroxyl groups is 1. The number of carbonyl (C=O) groups is 1. The number of hydrogen-bond donors (Lipinski definition) is 2. The van der Waals surface area contributed by atoms with Crippen molar-refractivity contribution in [2.75, 3.05) is 13.1 Å². The Morgan fingerprint density at radius 1 is 1.33 bits per heavy atom. The highest BCUT2D eigenvalue weighted by molar-refractivity contribution is 5.77. The molecule has 2 N–H and O–H groups in total. The molecule has 1 amide bonds. The van der Waals surface area contributed by atoms with Gasteiger partial charge in [0.2, 0.25) is 5.91 Å². The molecule has 1 aromatic carbocycles. The van der Waals surface area contributed by atoms with Crippen LogP contribution in [0.5, 0.6) is 5.75 Å². The fraction of sp³-hybridized carbons (Fsp3) is 0.588. The second-order valence-electron chi connectivity index (χ2n) is 6.34. The van der Waals surface area contributed by atoms with Gasteiger partial charge in [0.15, 0.2) is 0 Å². The molecule has 0 radical (unpaired) electrons. The van der Waals surface area contributed by atoms with Gasteiger partial charge in [0.1, 0.15) is 5.75 Å². The van der Waals surface area contributed by atoms with Crippen molar-refractivity contribution in [3.05, 3.63) is 29.8 Å². The van der Waals surface area contributed by atoms with Crippen LogP contribution in [-0.2, 0) is 11.3 Å². The van der Waals surface area contributed by atoms with E-state index < -0.39 is 0 Å². The van der Waals surface area contributed by atoms with Gasteiger partial charge in [-0.05, 0) is 62.4 Å². The van der Waals surface area contributed by atoms with Gasteiger partial charge in [-0.25, -0.2) is 0 Å². The lowest BCUT2D eigenvalue weighted by Crippen LogP contribution is -2.37. The SMILES string of the molecule is O=C(CC1CCCNC1)N(Cc1cccc(O)c1)C1CC1. The number of rotatable bonds is 5. The molecule has 3 rings (SSSR count). The van der Waals surface area contributed by atoms with Crippen LogP contribution < -0.4 is 5.32 Å². The molecule has 1 aromatic rings. The highest BCUT2D eigenvalue weighted by Crippen LogP contribution is 2.30. The maximum atomic E-state index is 12.6. The smallest absolute Gasteiger partial charge is 0.223 e. The third-order valence-electron chi connectivity index (χ3n) is 4.43. The molecule has 114 valence electrons. The van der Waals surface area contributed by atoms with Crippen molar-refractivity contribution in [2.45, 2.75) is 44.7 Å². The summed E-state index contributed by atoms with van der Waals surface area (Å²) in [5.41, 5.74) is 1.01. The van der Waals surface area contributed by atoms with E-state index in [0.29, 0.717) is 24.9 Å². The van der Waals surface area contributed by atoms with Crippen LogP contribution in [0.2, 0.25) is 0 Å². The predicted molar refractivity (Wildman–Crippen MR) is 81.9 cm³/mol. The number of carbonyl (C=O) groups excluding carboxylic acids is 1. The standard InChI is InChI=1S/C17H24N2O2/c20-16-5-1-3-14(9-16)12-19(15-6-7-15)17(21)10-13-4-2-8-18-11-13/h1,3,5,9,13,15,18,20H,2,4,6-8,10-12H2. The Kier molecular flexibility index (Phi) is 4.44. The van der Waals surface area contributed by atoms with Gasteiger partial charge < -0.3 is 15.3 Å². The van der Waals surface area contributed by atoms with E-state index in [0.717, 1.165) is 37.9 Å². The first-order valence-electron chi connectivity index (χ1n) is 8.00. The van der Waals surface area contributed by atoms with Crippen LogP contribution in [0.15, 0.2) is 24.3 Å². The number of benzene rings is 1. The zero-order chi connectivity index (χ0) is 14.7. The minimum atomic E-state index is 0.271. The minimum Gasteiger partial charge on any atom is -0.508 e. The molecule has 21 heavy (non-hydrogen) atoms. The van der Waals surface area contributed by atoms with Gasteiger partial charge in [0.25, 0.3) is 0 Å². The summed E-state index contributed by atoms with van der Waals surface area (Å²) < 4.78 is 0. The molecule has 0 aromatic heterocycles. The number of piperidine rings is 1. The lowest BCUT2D eigenvalue weighted by molar-refractivity contribution is -0.133. The number of phenolic OH excluding ortho intramolecular Hbond substituents is 1. The van der Waals surface area contributed by atoms with Crippen LogP contribution >= 0.6 is 0 Å². The number of hydrogen-bond acceptors (Lipinski definition) is 3. The van der Waals surface area contributed by atoms with E-state index in [1.165, 1.54) is 6.42 Å². The molecule has 1 unspecified atom stereocenters. The molecule has 4 nitrogen and oxygen atoms in total. The van der Waals surface area contributed by atoms with E-state index in [1.807, 2.05) is 17.0 Å². The van der Waals surface area contributed by atoms with E-state index in [2.05, 4.69) is 5.32 Å². The van der Waals surface area contributed by atoms with Crippen molar-refractivity contribution in [1.82, 2.24) is 10.2 Å². The van der Waals surface area contributed by atoms with Crippen molar-refractivity contribution >= 4 is 5.91 Å². The zero-order valence-electron chi connectivity index (χ0n) is 12.4. The Hall–Kier alpha value is -1.55. The lowest BCUT2D eigenvalue weighted by atomic mass is 9.95. The first kappa shape index (κ1) is 14.4. The summed E-state index contributed by atoms with van der Waals surface area (Å²) in [6.45, 7) is 2.68. The number of nitrogens with one attached hydrogen (secondary N) is 1. The third kappa shape index (κ3) is 3.97. The Labute approximate surface area is 126 Å². The van der Waals surface area contributed by atoms with Crippen LogP contribution in [0.1, 0.15) is 37.7 Å². The summed E-state index contributed by atoms with van der Waals surface area (Å²) in [5, 5.41) is 12.9. The number of nitrogens with zero attached hydrogens (tertiary/aromatic N) is 1. The first-order valence-corrected chi connectivity index (χ1v) is 8.00. The van der Waals surface area contributed by atoms with E-state index in [4.69, 9.17) is 0 Å². The molecule has 1 aliphatic carbocycles. The molecule has 4 heteroatoms. The predicted octanol–water partition coefficient (Wildman–Crippen LogP) is 2.27. The zero-order valence-corrected chi connectivity index (χ0v) is 12.4. The van der Waals surface area contributed by atoms with E-state index >= 15 is 0 Å². The molecule has 1 heterocycles. The number of phenols is 1. The quantitative estimate of drug-likeness (QED) is 0.874. The topological polar surface area (TPSA) is 52.6 Å². The Morgan fingerprint density at radius 2 is 2.19 bits per heavy atom. The van der Waals surface area contributed by atoms with Gasteiger partial charge >= 0.3 is 0 Å². The van der Waals surface area contributed by atoms with Crippen LogP contribution in [0.25, 0.3) is 0 Å². The summed E-state index contributed by atoms with van der Waals surface area (Å²) in [6.07, 6.45) is 5.22. The Bertz CT molecular complexity index is 493. The van der Waals surface area contributed by atoms with Gasteiger partial charge in [-0.15, -0.1) is 0 Å². The second kappa shape index (κ2) is 6.48. The van der Waals surface area contributed by atoms with E-state index in [-0.39, 0.29) is 11.7 Å². The minimum absolute atomic E-state index is 0.271. The monoisotopic (exact) mass is 288 g/mol. The molecule has 1 aliphatic heterocycles. The Morgan fingerprint density at radius 3 is 2.86 bits per heavy atom. The van der Waals surface area contributed by atoms with Crippen LogP contribution in [0.3, 0.4) is 0 Å². The largest absolute Gasteiger partial charge is 0.508 e. The lowest BCUT2D eigenvalue weighted by Gasteiger charge is -2.27. The van der Waals surface area contributed by atoms with Gasteiger partial charge in [0.05, 0.1) is 0 Å². The van der Waals surface area contributed by atoms with E-state index in [9.17, 15) is 9.90 Å². The highest BCUT2D eigenvalue weighted by atomic mass is 16.3. The molecule has 0 spiro atoms. The van der Waals surface area contributed by atoms with Crippen molar-refractivity contribution in [2.24, 2.45) is 5.92 Å². The fourth-order valence-corrected chi connectivity index (χ4v) is 3.12. The summed E-state index contributed by atoms with van der Waals surface area (Å²) in [7, 11) is 0. The third-order valence-corrected chi connectivity index (χ3v) is 4.43. The Balaban J connectivity index is 1.62. The highest BCUT2D eigenvalue weighted by Gasteiger charge is 2.33. The normalized spacial score (nSPS) is 22.0. The van der Waals surface area contributed by atoms with Gasteiger partial charge in [-0.1, -0.05) is 12.1 Å². The maximum absolute atomic E-state index is 12.6. The van der Waals surface area contributed by atoms with Crippen molar-refractivity contribution in [1.29, 1.82) is 0 Å². The van der Waals surface area contributed by atoms with Crippen LogP contribution in [0.4, 0.5) is 0 Å². The average molecular weight is 288 g/mol. The first-order chi connectivity index (χ1) is 10.2. The number of amides is 1. The van der Waals surface area contributed by atoms with Crippen LogP contribution in [0, 0.1) is 5.92 Å². The van der Waals surface area contributed by atoms with Crippen LogP contribution in [-0.4, -0.2) is 35.0 Å². The second-order valence-corrected chi connectivity index (χ2v) is 6.34. The summed E-state index contributed by atoms with van der Waals surface area (Å²) in [4.78, 5) is 14.6. The van der Waals surface area contributed by atoms with Gasteiger partial charge in [0, 0.05) is 19.0 Å². The van der Waals surface area contributed by atoms with Gasteiger partial charge in [-0.2, -0.15) is 0 Å². The maximum Gasteiger partial charge on any atom is 0.223 e. The van der Waals surface area contributed by atoms with Crippen molar-refractivity contribution in [3.8, 4) is 5.75 Å². The molecule has 0 bridgehead atoms. The van der Waals surface area contributed by atoms with Crippen molar-refractivity contribution in [3.63, 3.8) is 0 Å². The van der Waals surface area contributed by atoms with Crippen molar-refractivity contribution < 1.29 is 9.90 Å². The summed E-state index contributed by atoms with van der Waals surface area (Å²) in [6, 6.07) is 7.65. The summed E-state index contributed by atoms with van der Waals surface area (Å²) in [5.74, 6) is 1.03.